The molecule has 21 heavy (non-hydrogen) atoms. The van der Waals surface area contributed by atoms with Gasteiger partial charge in [0.25, 0.3) is 5.91 Å². The van der Waals surface area contributed by atoms with Crippen LogP contribution in [0.25, 0.3) is 0 Å². The van der Waals surface area contributed by atoms with Gasteiger partial charge in [-0.05, 0) is 32.0 Å². The van der Waals surface area contributed by atoms with Crippen molar-refractivity contribution in [3.05, 3.63) is 45.7 Å². The second-order valence-electron chi connectivity index (χ2n) is 4.68. The Bertz CT molecular complexity index is 739. The second-order valence-corrected chi connectivity index (χ2v) is 5.53. The quantitative estimate of drug-likeness (QED) is 0.852. The molecule has 1 amide bonds. The number of halogens is 1. The molecule has 0 aliphatic rings. The molecular formula is C14H15ClN4OS. The highest BCUT2D eigenvalue weighted by molar-refractivity contribution is 7.80. The highest BCUT2D eigenvalue weighted by Gasteiger charge is 2.18. The van der Waals surface area contributed by atoms with Crippen LogP contribution in [0.2, 0.25) is 5.02 Å². The molecular weight excluding hydrogens is 308 g/mol. The molecule has 0 fully saturated rings. The maximum atomic E-state index is 12.4. The van der Waals surface area contributed by atoms with Gasteiger partial charge in [0, 0.05) is 18.3 Å². The van der Waals surface area contributed by atoms with E-state index in [9.17, 15) is 4.79 Å². The van der Waals surface area contributed by atoms with Crippen molar-refractivity contribution >= 4 is 40.4 Å². The van der Waals surface area contributed by atoms with E-state index in [1.807, 2.05) is 6.92 Å². The maximum Gasteiger partial charge on any atom is 0.259 e. The zero-order valence-corrected chi connectivity index (χ0v) is 13.5. The molecule has 0 aliphatic carbocycles. The summed E-state index contributed by atoms with van der Waals surface area (Å²) in [6.45, 7) is 3.63. The highest BCUT2D eigenvalue weighted by Crippen LogP contribution is 2.24. The summed E-state index contributed by atoms with van der Waals surface area (Å²) in [4.78, 5) is 12.6. The van der Waals surface area contributed by atoms with Gasteiger partial charge in [-0.1, -0.05) is 23.8 Å². The molecule has 110 valence electrons. The number of amides is 1. The normalized spacial score (nSPS) is 10.5. The molecule has 0 spiro atoms. The minimum Gasteiger partial charge on any atom is -0.389 e. The molecule has 3 N–H and O–H groups in total. The van der Waals surface area contributed by atoms with Gasteiger partial charge in [0.05, 0.1) is 22.0 Å². The fourth-order valence-corrected chi connectivity index (χ4v) is 2.41. The molecule has 1 heterocycles. The molecule has 2 aromatic rings. The Labute approximate surface area is 133 Å². The Morgan fingerprint density at radius 2 is 2.10 bits per heavy atom. The predicted octanol–water partition coefficient (Wildman–Crippen LogP) is 2.58. The number of anilines is 1. The summed E-state index contributed by atoms with van der Waals surface area (Å²) in [5, 5.41) is 7.38. The highest BCUT2D eigenvalue weighted by atomic mass is 35.5. The van der Waals surface area contributed by atoms with Crippen LogP contribution in [0.3, 0.4) is 0 Å². The van der Waals surface area contributed by atoms with Gasteiger partial charge < -0.3 is 11.1 Å². The molecule has 0 atom stereocenters. The molecule has 2 rings (SSSR count). The first kappa shape index (κ1) is 15.5. The summed E-state index contributed by atoms with van der Waals surface area (Å²) >= 11 is 11.0. The molecule has 0 radical (unpaired) electrons. The van der Waals surface area contributed by atoms with Gasteiger partial charge in [-0.3, -0.25) is 9.48 Å². The van der Waals surface area contributed by atoms with Crippen LogP contribution in [0.15, 0.2) is 18.2 Å². The third-order valence-corrected chi connectivity index (χ3v) is 3.79. The zero-order valence-electron chi connectivity index (χ0n) is 11.9. The number of carbonyl (C=O) groups is 1. The summed E-state index contributed by atoms with van der Waals surface area (Å²) in [5.74, 6) is -0.247. The van der Waals surface area contributed by atoms with E-state index in [0.717, 1.165) is 5.69 Å². The molecule has 0 unspecified atom stereocenters. The van der Waals surface area contributed by atoms with Gasteiger partial charge in [0.2, 0.25) is 0 Å². The predicted molar refractivity (Wildman–Crippen MR) is 88.0 cm³/mol. The molecule has 1 aromatic carbocycles. The molecule has 0 bridgehead atoms. The third kappa shape index (κ3) is 3.06. The van der Waals surface area contributed by atoms with Gasteiger partial charge in [-0.15, -0.1) is 0 Å². The molecule has 1 aromatic heterocycles. The van der Waals surface area contributed by atoms with E-state index in [1.165, 1.54) is 0 Å². The van der Waals surface area contributed by atoms with Crippen molar-refractivity contribution in [1.82, 2.24) is 9.78 Å². The van der Waals surface area contributed by atoms with Crippen LogP contribution >= 0.6 is 23.8 Å². The minimum atomic E-state index is -0.247. The van der Waals surface area contributed by atoms with E-state index in [4.69, 9.17) is 29.6 Å². The van der Waals surface area contributed by atoms with Crippen molar-refractivity contribution in [3.63, 3.8) is 0 Å². The zero-order chi connectivity index (χ0) is 15.7. The van der Waals surface area contributed by atoms with Gasteiger partial charge in [0.1, 0.15) is 4.99 Å². The Morgan fingerprint density at radius 3 is 2.57 bits per heavy atom. The lowest BCUT2D eigenvalue weighted by atomic mass is 10.1. The van der Waals surface area contributed by atoms with E-state index in [1.54, 1.807) is 36.9 Å². The van der Waals surface area contributed by atoms with E-state index in [2.05, 4.69) is 10.4 Å². The summed E-state index contributed by atoms with van der Waals surface area (Å²) in [6.07, 6.45) is 0. The van der Waals surface area contributed by atoms with Crippen molar-refractivity contribution < 1.29 is 4.79 Å². The number of aryl methyl sites for hydroxylation is 2. The number of nitrogens with one attached hydrogen (secondary N) is 1. The van der Waals surface area contributed by atoms with Gasteiger partial charge >= 0.3 is 0 Å². The fraction of sp³-hybridized carbons (Fsp3) is 0.214. The van der Waals surface area contributed by atoms with E-state index in [-0.39, 0.29) is 10.9 Å². The monoisotopic (exact) mass is 322 g/mol. The van der Waals surface area contributed by atoms with Gasteiger partial charge in [-0.2, -0.15) is 5.10 Å². The maximum absolute atomic E-state index is 12.4. The van der Waals surface area contributed by atoms with Crippen molar-refractivity contribution in [3.8, 4) is 0 Å². The largest absolute Gasteiger partial charge is 0.389 e. The van der Waals surface area contributed by atoms with Crippen LogP contribution in [0, 0.1) is 13.8 Å². The first-order valence-electron chi connectivity index (χ1n) is 6.22. The fourth-order valence-electron chi connectivity index (χ4n) is 2.06. The Hall–Kier alpha value is -1.92. The molecule has 7 heteroatoms. The second kappa shape index (κ2) is 5.83. The molecule has 0 saturated carbocycles. The smallest absolute Gasteiger partial charge is 0.259 e. The molecule has 5 nitrogen and oxygen atoms in total. The summed E-state index contributed by atoms with van der Waals surface area (Å²) in [7, 11) is 1.79. The number of hydrogen-bond donors (Lipinski definition) is 2. The lowest BCUT2D eigenvalue weighted by Crippen LogP contribution is -2.15. The van der Waals surface area contributed by atoms with Gasteiger partial charge in [0.15, 0.2) is 0 Å². The molecule has 0 saturated heterocycles. The topological polar surface area (TPSA) is 72.9 Å². The van der Waals surface area contributed by atoms with E-state index in [0.29, 0.717) is 27.5 Å². The Balaban J connectivity index is 2.30. The lowest BCUT2D eigenvalue weighted by molar-refractivity contribution is 0.102. The first-order valence-corrected chi connectivity index (χ1v) is 7.00. The van der Waals surface area contributed by atoms with Crippen molar-refractivity contribution in [1.29, 1.82) is 0 Å². The van der Waals surface area contributed by atoms with Crippen LogP contribution in [0.5, 0.6) is 0 Å². The third-order valence-electron chi connectivity index (χ3n) is 3.24. The van der Waals surface area contributed by atoms with E-state index >= 15 is 0 Å². The number of aromatic nitrogens is 2. The lowest BCUT2D eigenvalue weighted by Gasteiger charge is -2.09. The number of benzene rings is 1. The van der Waals surface area contributed by atoms with Crippen LogP contribution in [-0.4, -0.2) is 20.7 Å². The Morgan fingerprint density at radius 1 is 1.43 bits per heavy atom. The first-order chi connectivity index (χ1) is 9.81. The van der Waals surface area contributed by atoms with Crippen LogP contribution in [0.1, 0.15) is 27.3 Å². The van der Waals surface area contributed by atoms with Gasteiger partial charge in [-0.25, -0.2) is 0 Å². The summed E-state index contributed by atoms with van der Waals surface area (Å²) in [5.41, 5.74) is 8.71. The van der Waals surface area contributed by atoms with Crippen LogP contribution in [-0.2, 0) is 7.05 Å². The number of rotatable bonds is 3. The number of nitrogens with two attached hydrogens (primary N) is 1. The number of nitrogens with zero attached hydrogens (tertiary/aromatic N) is 2. The van der Waals surface area contributed by atoms with Crippen LogP contribution < -0.4 is 11.1 Å². The summed E-state index contributed by atoms with van der Waals surface area (Å²) < 4.78 is 1.67. The number of thiocarbonyl (C=S) groups is 1. The average Bonchev–Trinajstić information content (AvgIpc) is 2.65. The summed E-state index contributed by atoms with van der Waals surface area (Å²) in [6, 6.07) is 5.02. The van der Waals surface area contributed by atoms with Crippen molar-refractivity contribution in [2.45, 2.75) is 13.8 Å². The molecule has 0 aliphatic heterocycles. The SMILES string of the molecule is Cc1nn(C)c(C)c1C(=O)Nc1ccc(C(N)=S)cc1Cl. The average molecular weight is 323 g/mol. The van der Waals surface area contributed by atoms with Crippen molar-refractivity contribution in [2.24, 2.45) is 12.8 Å². The van der Waals surface area contributed by atoms with Crippen LogP contribution in [0.4, 0.5) is 5.69 Å². The van der Waals surface area contributed by atoms with E-state index < -0.39 is 0 Å². The van der Waals surface area contributed by atoms with Crippen molar-refractivity contribution in [2.75, 3.05) is 5.32 Å². The Kier molecular flexibility index (Phi) is 4.29. The number of carbonyl (C=O) groups excluding carboxylic acids is 1. The minimum absolute atomic E-state index is 0.247. The number of hydrogen-bond acceptors (Lipinski definition) is 3. The standard InChI is InChI=1S/C14H15ClN4OS/c1-7-12(8(2)19(3)18-7)14(20)17-11-5-4-9(13(16)21)6-10(11)15/h4-6H,1-3H3,(H2,16,21)(H,17,20).